The van der Waals surface area contributed by atoms with Gasteiger partial charge in [0.25, 0.3) is 0 Å². The zero-order valence-corrected chi connectivity index (χ0v) is 10.5. The number of nitrogens with zero attached hydrogens (tertiary/aromatic N) is 2. The average Bonchev–Trinajstić information content (AvgIpc) is 2.33. The summed E-state index contributed by atoms with van der Waals surface area (Å²) in [5, 5.41) is 6.25. The molecule has 0 atom stereocenters. The summed E-state index contributed by atoms with van der Waals surface area (Å²) in [5.41, 5.74) is 0. The maximum absolute atomic E-state index is 6.25. The van der Waals surface area contributed by atoms with Gasteiger partial charge in [-0.15, -0.1) is 0 Å². The van der Waals surface area contributed by atoms with Gasteiger partial charge in [0.1, 0.15) is 0 Å². The molecule has 1 heterocycles. The molecule has 1 aliphatic rings. The molecule has 0 spiro atoms. The van der Waals surface area contributed by atoms with E-state index in [4.69, 9.17) is 11.8 Å². The van der Waals surface area contributed by atoms with Gasteiger partial charge in [0.15, 0.2) is 0 Å². The Morgan fingerprint density at radius 3 is 2.07 bits per heavy atom. The lowest BCUT2D eigenvalue weighted by Crippen LogP contribution is -2.51. The highest BCUT2D eigenvalue weighted by atomic mass is 15.3. The molecule has 0 saturated carbocycles. The van der Waals surface area contributed by atoms with Crippen LogP contribution in [0.2, 0.25) is 0 Å². The van der Waals surface area contributed by atoms with Crippen LogP contribution in [0.4, 0.5) is 0 Å². The number of rotatable bonds is 5. The van der Waals surface area contributed by atoms with Crippen molar-refractivity contribution >= 4 is 0 Å². The van der Waals surface area contributed by atoms with Crippen molar-refractivity contribution in [2.75, 3.05) is 26.2 Å². The van der Waals surface area contributed by atoms with Crippen molar-refractivity contribution in [2.45, 2.75) is 52.4 Å². The molecule has 0 aromatic carbocycles. The predicted molar refractivity (Wildman–Crippen MR) is 63.7 cm³/mol. The molecule has 0 aromatic rings. The fourth-order valence-corrected chi connectivity index (χ4v) is 2.58. The molecule has 0 radical (unpaired) electrons. The van der Waals surface area contributed by atoms with E-state index in [0.717, 1.165) is 0 Å². The van der Waals surface area contributed by atoms with Crippen molar-refractivity contribution in [1.82, 2.24) is 0 Å². The van der Waals surface area contributed by atoms with E-state index in [1.807, 2.05) is 0 Å². The largest absolute Gasteiger partial charge is 0.512 e. The van der Waals surface area contributed by atoms with Crippen molar-refractivity contribution in [3.05, 3.63) is 6.57 Å². The van der Waals surface area contributed by atoms with Crippen molar-refractivity contribution in [3.63, 3.8) is 0 Å². The second kappa shape index (κ2) is 8.73. The van der Waals surface area contributed by atoms with Gasteiger partial charge in [-0.25, -0.2) is 0 Å². The summed E-state index contributed by atoms with van der Waals surface area (Å²) in [4.78, 5) is 0. The van der Waals surface area contributed by atoms with E-state index in [-0.39, 0.29) is 0 Å². The molecule has 1 rings (SSSR count). The summed E-state index contributed by atoms with van der Waals surface area (Å²) in [6, 6.07) is 0. The van der Waals surface area contributed by atoms with Crippen molar-refractivity contribution < 1.29 is 4.48 Å². The van der Waals surface area contributed by atoms with E-state index in [9.17, 15) is 0 Å². The van der Waals surface area contributed by atoms with Gasteiger partial charge in [-0.3, -0.25) is 0 Å². The Bertz CT molecular complexity index is 157. The van der Waals surface area contributed by atoms with Crippen LogP contribution in [0.1, 0.15) is 52.4 Å². The molecule has 15 heavy (non-hydrogen) atoms. The summed E-state index contributed by atoms with van der Waals surface area (Å²) in [5.74, 6) is 0. The molecule has 2 nitrogen and oxygen atoms in total. The Labute approximate surface area is 95.5 Å². The quantitative estimate of drug-likeness (QED) is 0.388. The van der Waals surface area contributed by atoms with Gasteiger partial charge in [-0.1, -0.05) is 13.3 Å². The molecule has 1 aliphatic heterocycles. The average molecular weight is 210 g/mol. The molecule has 1 fully saturated rings. The summed E-state index contributed by atoms with van der Waals surface area (Å²) in [7, 11) is 0. The van der Waals surface area contributed by atoms with Crippen molar-refractivity contribution in [3.8, 4) is 0 Å². The van der Waals surface area contributed by atoms with Crippen molar-refractivity contribution in [1.29, 1.82) is 5.26 Å². The molecule has 2 heteroatoms. The molecule has 0 unspecified atom stereocenters. The molecule has 0 amide bonds. The molecule has 1 saturated heterocycles. The first kappa shape index (κ1) is 14.5. The SMILES string of the molecule is CCCCC[N+]1(CC)CCCCC1.[C-]#N. The number of likely N-dealkylation sites (tertiary alicyclic amines) is 1. The van der Waals surface area contributed by atoms with Crippen LogP contribution in [-0.4, -0.2) is 30.7 Å². The summed E-state index contributed by atoms with van der Waals surface area (Å²) < 4.78 is 1.43. The minimum atomic E-state index is 1.36. The third-order valence-corrected chi connectivity index (χ3v) is 3.67. The van der Waals surface area contributed by atoms with Gasteiger partial charge in [0.05, 0.1) is 26.2 Å². The first-order valence-corrected chi connectivity index (χ1v) is 6.40. The van der Waals surface area contributed by atoms with E-state index in [0.29, 0.717) is 0 Å². The summed E-state index contributed by atoms with van der Waals surface area (Å²) in [6.07, 6.45) is 8.67. The van der Waals surface area contributed by atoms with Crippen LogP contribution < -0.4 is 0 Å². The van der Waals surface area contributed by atoms with E-state index >= 15 is 0 Å². The highest BCUT2D eigenvalue weighted by Crippen LogP contribution is 2.19. The highest BCUT2D eigenvalue weighted by Gasteiger charge is 2.26. The molecule has 0 aliphatic carbocycles. The Morgan fingerprint density at radius 1 is 1.00 bits per heavy atom. The summed E-state index contributed by atoms with van der Waals surface area (Å²) >= 11 is 0. The van der Waals surface area contributed by atoms with Crippen LogP contribution in [0.5, 0.6) is 0 Å². The van der Waals surface area contributed by atoms with Crippen LogP contribution in [0.25, 0.3) is 0 Å². The third-order valence-electron chi connectivity index (χ3n) is 3.67. The minimum absolute atomic E-state index is 1.36. The van der Waals surface area contributed by atoms with Gasteiger partial charge >= 0.3 is 0 Å². The van der Waals surface area contributed by atoms with Crippen molar-refractivity contribution in [2.24, 2.45) is 0 Å². The zero-order chi connectivity index (χ0) is 11.6. The minimum Gasteiger partial charge on any atom is -0.512 e. The number of hydrogen-bond acceptors (Lipinski definition) is 1. The number of hydrogen-bond donors (Lipinski definition) is 0. The number of piperidine rings is 1. The maximum atomic E-state index is 6.25. The van der Waals surface area contributed by atoms with E-state index in [2.05, 4.69) is 13.8 Å². The van der Waals surface area contributed by atoms with Gasteiger partial charge < -0.3 is 16.3 Å². The topological polar surface area (TPSA) is 23.8 Å². The zero-order valence-electron chi connectivity index (χ0n) is 10.5. The normalized spacial score (nSPS) is 18.9. The lowest BCUT2D eigenvalue weighted by atomic mass is 10.1. The standard InChI is InChI=1S/C12H26N.CN/c1-3-5-7-10-13(4-2)11-8-6-9-12-13;1-2/h3-12H2,1-2H3;/q+1;-1. The van der Waals surface area contributed by atoms with Gasteiger partial charge in [0.2, 0.25) is 0 Å². The highest BCUT2D eigenvalue weighted by molar-refractivity contribution is 4.53. The third kappa shape index (κ3) is 5.18. The van der Waals surface area contributed by atoms with E-state index in [1.54, 1.807) is 0 Å². The Morgan fingerprint density at radius 2 is 1.60 bits per heavy atom. The fourth-order valence-electron chi connectivity index (χ4n) is 2.58. The molecule has 88 valence electrons. The van der Waals surface area contributed by atoms with E-state index < -0.39 is 0 Å². The number of quaternary nitrogens is 1. The van der Waals surface area contributed by atoms with E-state index in [1.165, 1.54) is 69.2 Å². The van der Waals surface area contributed by atoms with Crippen LogP contribution in [0.3, 0.4) is 0 Å². The van der Waals surface area contributed by atoms with Crippen LogP contribution in [0.15, 0.2) is 0 Å². The monoisotopic (exact) mass is 210 g/mol. The molecule has 0 bridgehead atoms. The fraction of sp³-hybridized carbons (Fsp3) is 0.923. The second-order valence-electron chi connectivity index (χ2n) is 4.60. The number of unbranched alkanes of at least 4 members (excludes halogenated alkanes) is 2. The lowest BCUT2D eigenvalue weighted by molar-refractivity contribution is -0.931. The van der Waals surface area contributed by atoms with Crippen LogP contribution in [0, 0.1) is 11.8 Å². The van der Waals surface area contributed by atoms with Crippen LogP contribution >= 0.6 is 0 Å². The Hall–Kier alpha value is -0.550. The lowest BCUT2D eigenvalue weighted by Gasteiger charge is -2.41. The Kier molecular flexibility index (Phi) is 8.41. The first-order valence-electron chi connectivity index (χ1n) is 6.40. The smallest absolute Gasteiger partial charge is 0.0786 e. The maximum Gasteiger partial charge on any atom is 0.0786 e. The van der Waals surface area contributed by atoms with Gasteiger partial charge in [0, 0.05) is 0 Å². The Balaban J connectivity index is 0.000000921. The predicted octanol–water partition coefficient (Wildman–Crippen LogP) is 3.29. The first-order chi connectivity index (χ1) is 7.33. The summed E-state index contributed by atoms with van der Waals surface area (Å²) in [6.45, 7) is 15.2. The molecular weight excluding hydrogens is 184 g/mol. The van der Waals surface area contributed by atoms with Gasteiger partial charge in [-0.05, 0) is 39.0 Å². The molecule has 0 aromatic heterocycles. The molecule has 0 N–H and O–H groups in total. The molecular formula is C13H26N2. The van der Waals surface area contributed by atoms with Crippen LogP contribution in [-0.2, 0) is 0 Å². The second-order valence-corrected chi connectivity index (χ2v) is 4.60. The van der Waals surface area contributed by atoms with Gasteiger partial charge in [-0.2, -0.15) is 0 Å².